The third-order valence-electron chi connectivity index (χ3n) is 3.73. The van der Waals surface area contributed by atoms with Gasteiger partial charge in [0.15, 0.2) is 0 Å². The summed E-state index contributed by atoms with van der Waals surface area (Å²) in [5, 5.41) is 11.9. The summed E-state index contributed by atoms with van der Waals surface area (Å²) in [6.07, 6.45) is 5.26. The molecule has 26 heavy (non-hydrogen) atoms. The van der Waals surface area contributed by atoms with Crippen molar-refractivity contribution in [3.05, 3.63) is 65.7 Å². The lowest BCUT2D eigenvalue weighted by atomic mass is 10.1. The fraction of sp³-hybridized carbons (Fsp3) is 0.227. The van der Waals surface area contributed by atoms with Crippen molar-refractivity contribution in [1.29, 1.82) is 0 Å². The second kappa shape index (κ2) is 10.6. The lowest BCUT2D eigenvalue weighted by Gasteiger charge is -2.04. The first-order chi connectivity index (χ1) is 12.7. The molecule has 0 aromatic heterocycles. The van der Waals surface area contributed by atoms with Crippen LogP contribution in [0.25, 0.3) is 6.08 Å². The summed E-state index contributed by atoms with van der Waals surface area (Å²) in [7, 11) is 1.67. The Morgan fingerprint density at radius 1 is 1.08 bits per heavy atom. The number of anilines is 1. The summed E-state index contributed by atoms with van der Waals surface area (Å²) in [5.74, 6) is 6.30. The number of hydrogen-bond donors (Lipinski definition) is 2. The molecule has 0 heterocycles. The van der Waals surface area contributed by atoms with Gasteiger partial charge in [-0.2, -0.15) is 0 Å². The Bertz CT molecular complexity index is 781. The zero-order valence-electron chi connectivity index (χ0n) is 14.9. The number of aryl methyl sites for hydroxylation is 1. The molecule has 0 saturated carbocycles. The van der Waals surface area contributed by atoms with E-state index in [-0.39, 0.29) is 0 Å². The van der Waals surface area contributed by atoms with Gasteiger partial charge in [-0.3, -0.25) is 0 Å². The molecule has 0 radical (unpaired) electrons. The first kappa shape index (κ1) is 19.1. The van der Waals surface area contributed by atoms with Gasteiger partial charge in [0.25, 0.3) is 0 Å². The van der Waals surface area contributed by atoms with E-state index in [2.05, 4.69) is 29.3 Å². The number of methoxy groups -OCH3 is 1. The minimum Gasteiger partial charge on any atom is -0.497 e. The summed E-state index contributed by atoms with van der Waals surface area (Å²) in [6.45, 7) is 0.778. The Balaban J connectivity index is 1.65. The van der Waals surface area contributed by atoms with Gasteiger partial charge >= 0.3 is 5.97 Å². The number of hydrogen-bond acceptors (Lipinski definition) is 3. The molecular weight excluding hydrogens is 326 g/mol. The zero-order chi connectivity index (χ0) is 18.6. The number of rotatable bonds is 8. The maximum Gasteiger partial charge on any atom is 0.328 e. The van der Waals surface area contributed by atoms with Crippen LogP contribution in [0.15, 0.2) is 54.6 Å². The smallest absolute Gasteiger partial charge is 0.328 e. The molecule has 0 saturated heterocycles. The molecule has 0 aliphatic heterocycles. The summed E-state index contributed by atoms with van der Waals surface area (Å²) in [4.78, 5) is 10.5. The molecule has 2 rings (SSSR count). The Morgan fingerprint density at radius 2 is 1.77 bits per heavy atom. The average Bonchev–Trinajstić information content (AvgIpc) is 2.67. The van der Waals surface area contributed by atoms with Gasteiger partial charge in [0.05, 0.1) is 7.11 Å². The van der Waals surface area contributed by atoms with E-state index in [0.717, 1.165) is 48.9 Å². The van der Waals surface area contributed by atoms with Gasteiger partial charge in [0, 0.05) is 31.1 Å². The van der Waals surface area contributed by atoms with Crippen LogP contribution in [0.3, 0.4) is 0 Å². The Hall–Kier alpha value is -3.19. The highest BCUT2D eigenvalue weighted by Gasteiger charge is 1.94. The van der Waals surface area contributed by atoms with Crippen LogP contribution in [0.1, 0.15) is 24.0 Å². The first-order valence-electron chi connectivity index (χ1n) is 8.51. The lowest BCUT2D eigenvalue weighted by Crippen LogP contribution is -1.99. The van der Waals surface area contributed by atoms with Crippen molar-refractivity contribution >= 4 is 17.7 Å². The number of nitrogens with one attached hydrogen (secondary N) is 1. The normalized spacial score (nSPS) is 10.2. The van der Waals surface area contributed by atoms with Crippen molar-refractivity contribution in [3.63, 3.8) is 0 Å². The molecule has 4 nitrogen and oxygen atoms in total. The van der Waals surface area contributed by atoms with E-state index in [1.54, 1.807) is 13.2 Å². The second-order valence-corrected chi connectivity index (χ2v) is 5.67. The lowest BCUT2D eigenvalue weighted by molar-refractivity contribution is -0.131. The van der Waals surface area contributed by atoms with Crippen LogP contribution in [-0.4, -0.2) is 24.7 Å². The highest BCUT2D eigenvalue weighted by Crippen LogP contribution is 2.12. The van der Waals surface area contributed by atoms with Crippen molar-refractivity contribution in [2.45, 2.75) is 19.3 Å². The summed E-state index contributed by atoms with van der Waals surface area (Å²) in [5.41, 5.74) is 3.11. The van der Waals surface area contributed by atoms with Crippen LogP contribution < -0.4 is 10.1 Å². The van der Waals surface area contributed by atoms with Crippen LogP contribution in [0, 0.1) is 11.8 Å². The molecule has 2 aromatic rings. The highest BCUT2D eigenvalue weighted by molar-refractivity contribution is 5.85. The van der Waals surface area contributed by atoms with Crippen molar-refractivity contribution < 1.29 is 14.6 Å². The number of benzene rings is 2. The van der Waals surface area contributed by atoms with E-state index in [1.165, 1.54) is 5.56 Å². The fourth-order valence-corrected chi connectivity index (χ4v) is 2.32. The van der Waals surface area contributed by atoms with Gasteiger partial charge < -0.3 is 15.2 Å². The van der Waals surface area contributed by atoms with Crippen molar-refractivity contribution in [1.82, 2.24) is 0 Å². The first-order valence-corrected chi connectivity index (χ1v) is 8.51. The predicted octanol–water partition coefficient (Wildman–Crippen LogP) is 4.23. The SMILES string of the molecule is COc1ccc(CCC#CCCNc2ccc(C=CC(=O)O)cc2)cc1. The molecule has 0 bridgehead atoms. The topological polar surface area (TPSA) is 58.6 Å². The van der Waals surface area contributed by atoms with Gasteiger partial charge in [0.2, 0.25) is 0 Å². The summed E-state index contributed by atoms with van der Waals surface area (Å²) < 4.78 is 5.14. The van der Waals surface area contributed by atoms with E-state index in [9.17, 15) is 4.79 Å². The molecule has 2 aromatic carbocycles. The van der Waals surface area contributed by atoms with Crippen LogP contribution in [0.2, 0.25) is 0 Å². The van der Waals surface area contributed by atoms with E-state index in [1.807, 2.05) is 36.4 Å². The van der Waals surface area contributed by atoms with Crippen molar-refractivity contribution in [2.75, 3.05) is 19.0 Å². The molecule has 0 atom stereocenters. The second-order valence-electron chi connectivity index (χ2n) is 5.67. The van der Waals surface area contributed by atoms with Gasteiger partial charge in [-0.1, -0.05) is 24.3 Å². The molecule has 4 heteroatoms. The average molecular weight is 349 g/mol. The summed E-state index contributed by atoms with van der Waals surface area (Å²) >= 11 is 0. The molecule has 0 aliphatic rings. The number of carboxylic acid groups (broad SMARTS) is 1. The molecule has 2 N–H and O–H groups in total. The Kier molecular flexibility index (Phi) is 7.82. The quantitative estimate of drug-likeness (QED) is 0.425. The van der Waals surface area contributed by atoms with E-state index >= 15 is 0 Å². The van der Waals surface area contributed by atoms with Gasteiger partial charge in [0.1, 0.15) is 5.75 Å². The molecule has 0 fully saturated rings. The predicted molar refractivity (Wildman–Crippen MR) is 105 cm³/mol. The molecule has 134 valence electrons. The van der Waals surface area contributed by atoms with Crippen LogP contribution >= 0.6 is 0 Å². The van der Waals surface area contributed by atoms with E-state index in [4.69, 9.17) is 9.84 Å². The largest absolute Gasteiger partial charge is 0.497 e. The monoisotopic (exact) mass is 349 g/mol. The molecular formula is C22H23NO3. The molecule has 0 unspecified atom stereocenters. The summed E-state index contributed by atoms with van der Waals surface area (Å²) in [6, 6.07) is 15.7. The van der Waals surface area contributed by atoms with E-state index < -0.39 is 5.97 Å². The van der Waals surface area contributed by atoms with Crippen LogP contribution in [0.5, 0.6) is 5.75 Å². The van der Waals surface area contributed by atoms with E-state index in [0.29, 0.717) is 0 Å². The number of carbonyl (C=O) groups is 1. The zero-order valence-corrected chi connectivity index (χ0v) is 14.9. The van der Waals surface area contributed by atoms with Gasteiger partial charge in [-0.15, -0.1) is 11.8 Å². The third-order valence-corrected chi connectivity index (χ3v) is 3.73. The minimum atomic E-state index is -0.947. The maximum absolute atomic E-state index is 10.5. The number of ether oxygens (including phenoxy) is 1. The standard InChI is InChI=1S/C22H23NO3/c1-26-21-14-9-18(10-15-21)6-4-2-3-5-17-23-20-12-7-19(8-13-20)11-16-22(24)25/h7-16,23H,4-6,17H2,1H3,(H,24,25). The van der Waals surface area contributed by atoms with Crippen LogP contribution in [0.4, 0.5) is 5.69 Å². The third kappa shape index (κ3) is 7.14. The van der Waals surface area contributed by atoms with Crippen LogP contribution in [-0.2, 0) is 11.2 Å². The molecule has 0 aliphatic carbocycles. The minimum absolute atomic E-state index is 0.778. The maximum atomic E-state index is 10.5. The molecule has 0 spiro atoms. The van der Waals surface area contributed by atoms with Gasteiger partial charge in [-0.05, 0) is 47.9 Å². The number of carboxylic acids is 1. The number of aliphatic carboxylic acids is 1. The van der Waals surface area contributed by atoms with Crippen molar-refractivity contribution in [2.24, 2.45) is 0 Å². The Labute approximate surface area is 154 Å². The Morgan fingerprint density at radius 3 is 2.42 bits per heavy atom. The molecule has 0 amide bonds. The fourth-order valence-electron chi connectivity index (χ4n) is 2.32. The highest BCUT2D eigenvalue weighted by atomic mass is 16.5. The van der Waals surface area contributed by atoms with Crippen molar-refractivity contribution in [3.8, 4) is 17.6 Å². The van der Waals surface area contributed by atoms with Gasteiger partial charge in [-0.25, -0.2) is 4.79 Å².